The predicted molar refractivity (Wildman–Crippen MR) is 195 cm³/mol. The van der Waals surface area contributed by atoms with Gasteiger partial charge in [-0.25, -0.2) is 4.79 Å². The average Bonchev–Trinajstić information content (AvgIpc) is 3.38. The quantitative estimate of drug-likeness (QED) is 0.0340. The minimum absolute atomic E-state index is 0.0319. The van der Waals surface area contributed by atoms with E-state index in [1.807, 2.05) is 0 Å². The number of ether oxygens (including phenoxy) is 5. The van der Waals surface area contributed by atoms with Crippen LogP contribution in [0.5, 0.6) is 23.0 Å². The lowest BCUT2D eigenvalue weighted by atomic mass is 10.0. The van der Waals surface area contributed by atoms with Crippen molar-refractivity contribution in [2.75, 3.05) is 28.4 Å². The number of alkyl halides is 6. The van der Waals surface area contributed by atoms with Crippen LogP contribution < -0.4 is 18.4 Å². The Hall–Kier alpha value is -5.57. The molecule has 0 atom stereocenters. The molecule has 57 heavy (non-hydrogen) atoms. The van der Waals surface area contributed by atoms with Gasteiger partial charge in [-0.2, -0.15) is 43.2 Å². The second-order valence-corrected chi connectivity index (χ2v) is 14.5. The third kappa shape index (κ3) is 10.4. The molecule has 0 radical (unpaired) electrons. The molecule has 2 aromatic carbocycles. The topological polar surface area (TPSA) is 155 Å². The first kappa shape index (κ1) is 45.8. The lowest BCUT2D eigenvalue weighted by molar-refractivity contribution is -0.0524. The van der Waals surface area contributed by atoms with Gasteiger partial charge in [-0.3, -0.25) is 0 Å². The zero-order valence-corrected chi connectivity index (χ0v) is 33.1. The van der Waals surface area contributed by atoms with Crippen LogP contribution >= 0.6 is 0 Å². The molecule has 1 heterocycles. The molecule has 21 heteroatoms. The number of esters is 1. The van der Waals surface area contributed by atoms with E-state index in [2.05, 4.69) is 8.37 Å². The van der Waals surface area contributed by atoms with Crippen molar-refractivity contribution in [3.63, 3.8) is 0 Å². The number of benzene rings is 2. The fraction of sp³-hybridized carbons (Fsp3) is 0.306. The number of aryl methyl sites for hydroxylation is 1. The van der Waals surface area contributed by atoms with Gasteiger partial charge in [-0.15, -0.1) is 0 Å². The minimum atomic E-state index is -6.04. The van der Waals surface area contributed by atoms with Gasteiger partial charge in [-0.05, 0) is 105 Å². The van der Waals surface area contributed by atoms with E-state index in [0.29, 0.717) is 33.9 Å². The number of allylic oxidation sites excluding steroid dienone is 3. The largest absolute Gasteiger partial charge is 0.534 e. The summed E-state index contributed by atoms with van der Waals surface area (Å²) in [5.41, 5.74) is -8.64. The SMILES string of the molecule is C/C=C(/OS(=O)(=O)C(F)(F)F)C(=CC/C=C/OC(=O)c1c(C)c(-c2ccc(OS(=O)(=O)C(F)(F)F)c(OC)c2)c(C)n1/C=C\c1cc(OC)c(OC)cc1C)OC. The zero-order valence-electron chi connectivity index (χ0n) is 31.5. The standard InChI is InChI=1S/C36H37F6NO12S2/c1-9-26(54-56(45,46)35(37,38)39)27(49-5)12-10-11-17-53-34(44)33-22(3)32(25-13-14-28(30(20-25)51-7)55-57(47,48)36(40,41)42)23(4)43(33)16-15-24-19-31(52-8)29(50-6)18-21(24)2/h9,11-20H,10H2,1-8H3/b16-15-,17-11+,26-9+,27-12?. The molecule has 3 aromatic rings. The highest BCUT2D eigenvalue weighted by molar-refractivity contribution is 7.88. The van der Waals surface area contributed by atoms with Crippen LogP contribution in [0.15, 0.2) is 66.3 Å². The third-order valence-electron chi connectivity index (χ3n) is 7.92. The number of hydrogen-bond donors (Lipinski definition) is 0. The number of halogens is 6. The Balaban J connectivity index is 2.09. The Labute approximate surface area is 324 Å². The van der Waals surface area contributed by atoms with Crippen LogP contribution in [0, 0.1) is 20.8 Å². The molecular weight excluding hydrogens is 817 g/mol. The molecule has 3 rings (SSSR count). The Morgan fingerprint density at radius 1 is 0.789 bits per heavy atom. The van der Waals surface area contributed by atoms with Crippen LogP contribution in [0.25, 0.3) is 23.4 Å². The summed E-state index contributed by atoms with van der Waals surface area (Å²) in [5, 5.41) is 0. The number of rotatable bonds is 16. The summed E-state index contributed by atoms with van der Waals surface area (Å²) in [6.07, 6.45) is 7.40. The van der Waals surface area contributed by atoms with Crippen molar-refractivity contribution in [2.24, 2.45) is 0 Å². The molecule has 0 N–H and O–H groups in total. The summed E-state index contributed by atoms with van der Waals surface area (Å²) >= 11 is 0. The van der Waals surface area contributed by atoms with Gasteiger partial charge in [0.2, 0.25) is 0 Å². The predicted octanol–water partition coefficient (Wildman–Crippen LogP) is 8.32. The van der Waals surface area contributed by atoms with Crippen LogP contribution in [0.1, 0.15) is 46.2 Å². The Morgan fingerprint density at radius 2 is 1.37 bits per heavy atom. The molecule has 0 saturated carbocycles. The van der Waals surface area contributed by atoms with E-state index in [0.717, 1.165) is 44.3 Å². The highest BCUT2D eigenvalue weighted by atomic mass is 32.2. The molecule has 13 nitrogen and oxygen atoms in total. The van der Waals surface area contributed by atoms with Gasteiger partial charge in [0, 0.05) is 17.5 Å². The molecule has 0 bridgehead atoms. The number of nitrogens with zero attached hydrogens (tertiary/aromatic N) is 1. The highest BCUT2D eigenvalue weighted by Gasteiger charge is 2.50. The van der Waals surface area contributed by atoms with E-state index in [1.165, 1.54) is 43.9 Å². The van der Waals surface area contributed by atoms with Crippen molar-refractivity contribution >= 4 is 38.5 Å². The molecule has 0 aliphatic rings. The van der Waals surface area contributed by atoms with E-state index >= 15 is 0 Å². The number of carbonyl (C=O) groups is 1. The summed E-state index contributed by atoms with van der Waals surface area (Å²) in [7, 11) is -6.96. The smallest absolute Gasteiger partial charge is 0.493 e. The Kier molecular flexibility index (Phi) is 14.6. The van der Waals surface area contributed by atoms with Gasteiger partial charge in [0.25, 0.3) is 0 Å². The lowest BCUT2D eigenvalue weighted by Gasteiger charge is -2.14. The number of carbonyl (C=O) groups excluding carboxylic acids is 1. The summed E-state index contributed by atoms with van der Waals surface area (Å²) in [4.78, 5) is 13.7. The molecule has 0 aliphatic heterocycles. The number of aromatic nitrogens is 1. The molecule has 0 amide bonds. The first-order valence-electron chi connectivity index (χ1n) is 16.1. The van der Waals surface area contributed by atoms with Crippen molar-refractivity contribution < 1.29 is 80.0 Å². The Morgan fingerprint density at radius 3 is 1.91 bits per heavy atom. The zero-order chi connectivity index (χ0) is 43.1. The van der Waals surface area contributed by atoms with E-state index < -0.39 is 48.7 Å². The fourth-order valence-corrected chi connectivity index (χ4v) is 6.17. The van der Waals surface area contributed by atoms with Gasteiger partial charge < -0.3 is 36.6 Å². The van der Waals surface area contributed by atoms with Gasteiger partial charge in [0.05, 0.1) is 34.7 Å². The van der Waals surface area contributed by atoms with Crippen molar-refractivity contribution in [3.8, 4) is 34.1 Å². The van der Waals surface area contributed by atoms with E-state index in [-0.39, 0.29) is 29.2 Å². The Bertz CT molecular complexity index is 2320. The molecule has 0 spiro atoms. The summed E-state index contributed by atoms with van der Waals surface area (Å²) in [6, 6.07) is 6.88. The van der Waals surface area contributed by atoms with Crippen LogP contribution in [0.4, 0.5) is 26.3 Å². The maximum atomic E-state index is 13.7. The van der Waals surface area contributed by atoms with Gasteiger partial charge in [0.15, 0.2) is 34.5 Å². The van der Waals surface area contributed by atoms with Crippen LogP contribution in [-0.4, -0.2) is 66.8 Å². The van der Waals surface area contributed by atoms with E-state index in [1.54, 1.807) is 45.2 Å². The van der Waals surface area contributed by atoms with Crippen LogP contribution in [0.3, 0.4) is 0 Å². The minimum Gasteiger partial charge on any atom is -0.493 e. The van der Waals surface area contributed by atoms with Crippen LogP contribution in [-0.2, 0) is 33.9 Å². The second-order valence-electron chi connectivity index (χ2n) is 11.5. The summed E-state index contributed by atoms with van der Waals surface area (Å²) in [5.74, 6) is -2.27. The van der Waals surface area contributed by atoms with Gasteiger partial charge in [0.1, 0.15) is 5.69 Å². The van der Waals surface area contributed by atoms with E-state index in [4.69, 9.17) is 23.7 Å². The summed E-state index contributed by atoms with van der Waals surface area (Å²) in [6.45, 7) is 6.21. The third-order valence-corrected chi connectivity index (χ3v) is 9.85. The van der Waals surface area contributed by atoms with Gasteiger partial charge in [-0.1, -0.05) is 6.07 Å². The first-order chi connectivity index (χ1) is 26.5. The molecule has 0 aliphatic carbocycles. The molecule has 0 fully saturated rings. The number of hydrogen-bond acceptors (Lipinski definition) is 12. The van der Waals surface area contributed by atoms with Crippen molar-refractivity contribution in [1.29, 1.82) is 0 Å². The maximum Gasteiger partial charge on any atom is 0.534 e. The van der Waals surface area contributed by atoms with Crippen molar-refractivity contribution in [3.05, 3.63) is 94.4 Å². The van der Waals surface area contributed by atoms with Crippen molar-refractivity contribution in [2.45, 2.75) is 45.1 Å². The molecule has 0 unspecified atom stereocenters. The van der Waals surface area contributed by atoms with E-state index in [9.17, 15) is 48.0 Å². The average molecular weight is 854 g/mol. The second kappa shape index (κ2) is 18.1. The highest BCUT2D eigenvalue weighted by Crippen LogP contribution is 2.40. The monoisotopic (exact) mass is 853 g/mol. The van der Waals surface area contributed by atoms with Crippen molar-refractivity contribution in [1.82, 2.24) is 4.57 Å². The summed E-state index contributed by atoms with van der Waals surface area (Å²) < 4.78 is 160. The number of methoxy groups -OCH3 is 4. The van der Waals surface area contributed by atoms with Gasteiger partial charge >= 0.3 is 37.2 Å². The fourth-order valence-electron chi connectivity index (χ4n) is 5.19. The molecule has 312 valence electrons. The molecular formula is C36H37F6NO12S2. The normalized spacial score (nSPS) is 13.2. The molecule has 0 saturated heterocycles. The van der Waals surface area contributed by atoms with Crippen LogP contribution in [0.2, 0.25) is 0 Å². The maximum absolute atomic E-state index is 13.7. The lowest BCUT2D eigenvalue weighted by Crippen LogP contribution is -2.28. The first-order valence-corrected chi connectivity index (χ1v) is 18.9. The molecule has 1 aromatic heterocycles.